The zero-order valence-electron chi connectivity index (χ0n) is 11.7. The van der Waals surface area contributed by atoms with Gasteiger partial charge in [-0.15, -0.1) is 0 Å². The fourth-order valence-corrected chi connectivity index (χ4v) is 2.74. The van der Waals surface area contributed by atoms with Crippen LogP contribution in [0.5, 0.6) is 5.75 Å². The second-order valence-electron chi connectivity index (χ2n) is 5.67. The molecule has 0 spiro atoms. The highest BCUT2D eigenvalue weighted by Crippen LogP contribution is 2.39. The van der Waals surface area contributed by atoms with Gasteiger partial charge in [0.05, 0.1) is 0 Å². The molecule has 0 atom stereocenters. The predicted octanol–water partition coefficient (Wildman–Crippen LogP) is 3.05. The molecule has 0 amide bonds. The van der Waals surface area contributed by atoms with Gasteiger partial charge in [0.25, 0.3) is 0 Å². The van der Waals surface area contributed by atoms with Crippen molar-refractivity contribution < 1.29 is 14.1 Å². The maximum Gasteiger partial charge on any atom is 0.229 e. The first kappa shape index (κ1) is 12.6. The Bertz CT molecular complexity index is 689. The first-order valence-corrected chi connectivity index (χ1v) is 7.41. The molecule has 1 fully saturated rings. The summed E-state index contributed by atoms with van der Waals surface area (Å²) in [7, 11) is 0. The Kier molecular flexibility index (Phi) is 2.98. The summed E-state index contributed by atoms with van der Waals surface area (Å²) in [6.45, 7) is 0.279. The number of rotatable bonds is 4. The monoisotopic (exact) mass is 284 g/mol. The minimum atomic E-state index is 0.206. The van der Waals surface area contributed by atoms with Crippen molar-refractivity contribution in [3.8, 4) is 5.75 Å². The lowest BCUT2D eigenvalue weighted by Gasteiger charge is -2.18. The van der Waals surface area contributed by atoms with Crippen LogP contribution in [0.15, 0.2) is 22.7 Å². The maximum atomic E-state index is 11.9. The largest absolute Gasteiger partial charge is 0.485 e. The van der Waals surface area contributed by atoms with E-state index in [1.165, 1.54) is 0 Å². The predicted molar refractivity (Wildman–Crippen MR) is 74.3 cm³/mol. The van der Waals surface area contributed by atoms with Crippen molar-refractivity contribution >= 4 is 5.78 Å². The average Bonchev–Trinajstić information content (AvgIpc) is 3.25. The third-order valence-electron chi connectivity index (χ3n) is 4.03. The van der Waals surface area contributed by atoms with Gasteiger partial charge in [-0.25, -0.2) is 0 Å². The minimum Gasteiger partial charge on any atom is -0.485 e. The number of hydrogen-bond acceptors (Lipinski definition) is 5. The van der Waals surface area contributed by atoms with Gasteiger partial charge in [0.2, 0.25) is 11.7 Å². The van der Waals surface area contributed by atoms with E-state index in [9.17, 15) is 4.79 Å². The number of ether oxygens (including phenoxy) is 1. The van der Waals surface area contributed by atoms with Crippen molar-refractivity contribution in [3.05, 3.63) is 41.0 Å². The van der Waals surface area contributed by atoms with Crippen molar-refractivity contribution in [2.24, 2.45) is 0 Å². The molecule has 108 valence electrons. The van der Waals surface area contributed by atoms with E-state index in [0.717, 1.165) is 48.5 Å². The smallest absolute Gasteiger partial charge is 0.229 e. The van der Waals surface area contributed by atoms with Crippen LogP contribution in [0.3, 0.4) is 0 Å². The van der Waals surface area contributed by atoms with Crippen LogP contribution in [0.1, 0.15) is 59.2 Å². The molecule has 2 aliphatic carbocycles. The Balaban J connectivity index is 1.51. The zero-order chi connectivity index (χ0) is 14.2. The number of benzene rings is 1. The molecule has 1 saturated carbocycles. The Labute approximate surface area is 122 Å². The van der Waals surface area contributed by atoms with Crippen LogP contribution in [0.25, 0.3) is 0 Å². The summed E-state index contributed by atoms with van der Waals surface area (Å²) >= 11 is 0. The molecule has 0 bridgehead atoms. The number of carbonyl (C=O) groups excluding carboxylic acids is 1. The van der Waals surface area contributed by atoms with Crippen molar-refractivity contribution in [2.75, 3.05) is 0 Å². The van der Waals surface area contributed by atoms with Crippen molar-refractivity contribution in [2.45, 2.75) is 44.6 Å². The van der Waals surface area contributed by atoms with Crippen LogP contribution in [0.2, 0.25) is 0 Å². The summed E-state index contributed by atoms with van der Waals surface area (Å²) in [6, 6.07) is 5.64. The first-order valence-electron chi connectivity index (χ1n) is 7.41. The number of ketones is 1. The summed E-state index contributed by atoms with van der Waals surface area (Å²) in [4.78, 5) is 16.2. The Morgan fingerprint density at radius 1 is 1.29 bits per heavy atom. The number of hydrogen-bond donors (Lipinski definition) is 0. The van der Waals surface area contributed by atoms with Crippen LogP contribution in [-0.2, 0) is 13.0 Å². The summed E-state index contributed by atoms with van der Waals surface area (Å²) in [5.41, 5.74) is 1.81. The average molecular weight is 284 g/mol. The van der Waals surface area contributed by atoms with E-state index in [0.29, 0.717) is 18.2 Å². The molecule has 0 N–H and O–H groups in total. The fraction of sp³-hybridized carbons (Fsp3) is 0.438. The zero-order valence-corrected chi connectivity index (χ0v) is 11.7. The van der Waals surface area contributed by atoms with Crippen molar-refractivity contribution in [1.82, 2.24) is 10.1 Å². The summed E-state index contributed by atoms with van der Waals surface area (Å²) in [5.74, 6) is 2.71. The standard InChI is InChI=1S/C16H16N2O3/c19-13-5-1-4-12-11(13)3-2-6-14(12)20-9-15-17-16(21-18-15)10-7-8-10/h2-3,6,10H,1,4-5,7-9H2. The molecule has 1 heterocycles. The molecule has 5 nitrogen and oxygen atoms in total. The molecule has 5 heteroatoms. The Morgan fingerprint density at radius 2 is 2.19 bits per heavy atom. The highest BCUT2D eigenvalue weighted by Gasteiger charge is 2.29. The quantitative estimate of drug-likeness (QED) is 0.863. The van der Waals surface area contributed by atoms with E-state index in [2.05, 4.69) is 10.1 Å². The third-order valence-corrected chi connectivity index (χ3v) is 4.03. The molecule has 1 aromatic carbocycles. The number of carbonyl (C=O) groups is 1. The van der Waals surface area contributed by atoms with E-state index < -0.39 is 0 Å². The highest BCUT2D eigenvalue weighted by molar-refractivity contribution is 5.99. The lowest BCUT2D eigenvalue weighted by molar-refractivity contribution is 0.0971. The number of Topliss-reactive ketones (excluding diaryl/α,β-unsaturated/α-hetero) is 1. The number of fused-ring (bicyclic) bond motifs is 1. The molecule has 0 aliphatic heterocycles. The van der Waals surface area contributed by atoms with E-state index in [4.69, 9.17) is 9.26 Å². The Morgan fingerprint density at radius 3 is 3.05 bits per heavy atom. The lowest BCUT2D eigenvalue weighted by atomic mass is 9.90. The molecule has 21 heavy (non-hydrogen) atoms. The molecule has 4 rings (SSSR count). The van der Waals surface area contributed by atoms with Crippen LogP contribution in [0, 0.1) is 0 Å². The molecule has 1 aromatic heterocycles. The molecule has 0 unspecified atom stereocenters. The van der Waals surface area contributed by atoms with E-state index in [1.54, 1.807) is 0 Å². The van der Waals surface area contributed by atoms with E-state index in [1.807, 2.05) is 18.2 Å². The summed E-state index contributed by atoms with van der Waals surface area (Å²) in [5, 5.41) is 3.94. The molecule has 2 aliphatic rings. The Hall–Kier alpha value is -2.17. The van der Waals surface area contributed by atoms with Gasteiger partial charge in [-0.3, -0.25) is 4.79 Å². The highest BCUT2D eigenvalue weighted by atomic mass is 16.5. The van der Waals surface area contributed by atoms with Crippen LogP contribution in [-0.4, -0.2) is 15.9 Å². The maximum absolute atomic E-state index is 11.9. The normalized spacial score (nSPS) is 17.6. The van der Waals surface area contributed by atoms with Gasteiger partial charge in [0.15, 0.2) is 12.4 Å². The SMILES string of the molecule is O=C1CCCc2c(OCc3noc(C4CC4)n3)cccc21. The number of aromatic nitrogens is 2. The third kappa shape index (κ3) is 2.44. The van der Waals surface area contributed by atoms with E-state index in [-0.39, 0.29) is 12.4 Å². The molecule has 0 saturated heterocycles. The van der Waals surface area contributed by atoms with Crippen molar-refractivity contribution in [3.63, 3.8) is 0 Å². The second-order valence-corrected chi connectivity index (χ2v) is 5.67. The van der Waals surface area contributed by atoms with Crippen LogP contribution in [0.4, 0.5) is 0 Å². The van der Waals surface area contributed by atoms with Gasteiger partial charge in [-0.2, -0.15) is 4.98 Å². The minimum absolute atomic E-state index is 0.206. The summed E-state index contributed by atoms with van der Waals surface area (Å²) in [6.07, 6.45) is 4.68. The fourth-order valence-electron chi connectivity index (χ4n) is 2.74. The second kappa shape index (κ2) is 4.98. The van der Waals surface area contributed by atoms with Crippen molar-refractivity contribution in [1.29, 1.82) is 0 Å². The molecular formula is C16H16N2O3. The summed E-state index contributed by atoms with van der Waals surface area (Å²) < 4.78 is 11.0. The number of nitrogens with zero attached hydrogens (tertiary/aromatic N) is 2. The van der Waals surface area contributed by atoms with Gasteiger partial charge in [0, 0.05) is 23.5 Å². The first-order chi connectivity index (χ1) is 10.3. The van der Waals surface area contributed by atoms with Crippen LogP contribution >= 0.6 is 0 Å². The molecule has 0 radical (unpaired) electrons. The van der Waals surface area contributed by atoms with Gasteiger partial charge in [-0.05, 0) is 31.7 Å². The van der Waals surface area contributed by atoms with E-state index >= 15 is 0 Å². The topological polar surface area (TPSA) is 65.2 Å². The van der Waals surface area contributed by atoms with Crippen LogP contribution < -0.4 is 4.74 Å². The molecule has 2 aromatic rings. The van der Waals surface area contributed by atoms with Gasteiger partial charge < -0.3 is 9.26 Å². The van der Waals surface area contributed by atoms with Gasteiger partial charge in [-0.1, -0.05) is 17.3 Å². The lowest BCUT2D eigenvalue weighted by Crippen LogP contribution is -2.12. The van der Waals surface area contributed by atoms with Gasteiger partial charge >= 0.3 is 0 Å². The molecular weight excluding hydrogens is 268 g/mol. The van der Waals surface area contributed by atoms with Gasteiger partial charge in [0.1, 0.15) is 5.75 Å².